The highest BCUT2D eigenvalue weighted by Crippen LogP contribution is 2.18. The Balaban J connectivity index is 2.08. The Morgan fingerprint density at radius 2 is 2.20 bits per heavy atom. The van der Waals surface area contributed by atoms with Gasteiger partial charge in [-0.15, -0.1) is 0 Å². The van der Waals surface area contributed by atoms with E-state index < -0.39 is 0 Å². The van der Waals surface area contributed by atoms with E-state index in [9.17, 15) is 0 Å². The van der Waals surface area contributed by atoms with Gasteiger partial charge in [-0.05, 0) is 50.6 Å². The first kappa shape index (κ1) is 10.2. The van der Waals surface area contributed by atoms with Crippen LogP contribution in [0.4, 0.5) is 0 Å². The zero-order valence-electron chi connectivity index (χ0n) is 9.29. The van der Waals surface area contributed by atoms with Crippen molar-refractivity contribution in [3.63, 3.8) is 0 Å². The van der Waals surface area contributed by atoms with Crippen molar-refractivity contribution in [3.8, 4) is 0 Å². The summed E-state index contributed by atoms with van der Waals surface area (Å²) in [4.78, 5) is 0. The maximum Gasteiger partial charge on any atom is 0.133 e. The lowest BCUT2D eigenvalue weighted by Gasteiger charge is -2.09. The predicted molar refractivity (Wildman–Crippen MR) is 63.1 cm³/mol. The molecule has 1 heterocycles. The van der Waals surface area contributed by atoms with Crippen LogP contribution in [0.3, 0.4) is 0 Å². The minimum absolute atomic E-state index is 0.574. The molecular formula is C13H17NO. The first-order chi connectivity index (χ1) is 7.29. The molecule has 0 saturated heterocycles. The normalized spacial score (nSPS) is 13.2. The SMILES string of the molecule is CN[C@H](C)CCc1ccc2occc2c1. The molecule has 2 nitrogen and oxygen atoms in total. The highest BCUT2D eigenvalue weighted by Gasteiger charge is 2.01. The first-order valence-corrected chi connectivity index (χ1v) is 5.43. The highest BCUT2D eigenvalue weighted by molar-refractivity contribution is 5.77. The third kappa shape index (κ3) is 2.39. The second-order valence-corrected chi connectivity index (χ2v) is 4.02. The molecule has 2 aromatic rings. The van der Waals surface area contributed by atoms with Crippen molar-refractivity contribution in [1.82, 2.24) is 5.32 Å². The van der Waals surface area contributed by atoms with E-state index in [0.29, 0.717) is 6.04 Å². The lowest BCUT2D eigenvalue weighted by molar-refractivity contribution is 0.565. The third-order valence-electron chi connectivity index (χ3n) is 2.88. The zero-order valence-corrected chi connectivity index (χ0v) is 9.29. The van der Waals surface area contributed by atoms with Crippen molar-refractivity contribution < 1.29 is 4.42 Å². The average Bonchev–Trinajstić information content (AvgIpc) is 2.72. The van der Waals surface area contributed by atoms with Crippen molar-refractivity contribution in [2.24, 2.45) is 0 Å². The second-order valence-electron chi connectivity index (χ2n) is 4.02. The van der Waals surface area contributed by atoms with Crippen molar-refractivity contribution in [3.05, 3.63) is 36.1 Å². The van der Waals surface area contributed by atoms with Crippen molar-refractivity contribution in [2.45, 2.75) is 25.8 Å². The van der Waals surface area contributed by atoms with Crippen LogP contribution < -0.4 is 5.32 Å². The molecule has 0 saturated carbocycles. The molecule has 1 aromatic carbocycles. The van der Waals surface area contributed by atoms with Crippen LogP contribution in [0, 0.1) is 0 Å². The minimum atomic E-state index is 0.574. The summed E-state index contributed by atoms with van der Waals surface area (Å²) in [5.41, 5.74) is 2.35. The lowest BCUT2D eigenvalue weighted by Crippen LogP contribution is -2.21. The van der Waals surface area contributed by atoms with Gasteiger partial charge >= 0.3 is 0 Å². The minimum Gasteiger partial charge on any atom is -0.464 e. The standard InChI is InChI=1S/C13H17NO/c1-10(14-2)3-4-11-5-6-13-12(9-11)7-8-15-13/h5-10,14H,3-4H2,1-2H3/t10-/m1/s1. The van der Waals surface area contributed by atoms with Crippen molar-refractivity contribution in [1.29, 1.82) is 0 Å². The molecule has 0 amide bonds. The molecule has 0 bridgehead atoms. The summed E-state index contributed by atoms with van der Waals surface area (Å²) in [6.07, 6.45) is 4.02. The molecule has 0 aliphatic carbocycles. The molecule has 1 atom stereocenters. The van der Waals surface area contributed by atoms with E-state index in [1.165, 1.54) is 17.4 Å². The van der Waals surface area contributed by atoms with Crippen LogP contribution in [0.1, 0.15) is 18.9 Å². The Morgan fingerprint density at radius 3 is 3.00 bits per heavy atom. The second kappa shape index (κ2) is 4.49. The van der Waals surface area contributed by atoms with E-state index in [2.05, 4.69) is 30.4 Å². The van der Waals surface area contributed by atoms with Crippen molar-refractivity contribution in [2.75, 3.05) is 7.05 Å². The summed E-state index contributed by atoms with van der Waals surface area (Å²) < 4.78 is 5.31. The summed E-state index contributed by atoms with van der Waals surface area (Å²) in [6.45, 7) is 2.20. The van der Waals surface area contributed by atoms with E-state index >= 15 is 0 Å². The fraction of sp³-hybridized carbons (Fsp3) is 0.385. The number of hydrogen-bond donors (Lipinski definition) is 1. The van der Waals surface area contributed by atoms with E-state index in [-0.39, 0.29) is 0 Å². The molecule has 0 aliphatic rings. The Hall–Kier alpha value is -1.28. The maximum atomic E-state index is 5.31. The molecule has 2 rings (SSSR count). The summed E-state index contributed by atoms with van der Waals surface area (Å²) in [5, 5.41) is 4.45. The molecule has 1 aromatic heterocycles. The van der Waals surface area contributed by atoms with E-state index in [1.54, 1.807) is 6.26 Å². The summed E-state index contributed by atoms with van der Waals surface area (Å²) in [7, 11) is 2.00. The third-order valence-corrected chi connectivity index (χ3v) is 2.88. The first-order valence-electron chi connectivity index (χ1n) is 5.43. The monoisotopic (exact) mass is 203 g/mol. The molecule has 0 radical (unpaired) electrons. The zero-order chi connectivity index (χ0) is 10.7. The van der Waals surface area contributed by atoms with Crippen LogP contribution in [0.25, 0.3) is 11.0 Å². The van der Waals surface area contributed by atoms with Gasteiger partial charge in [-0.3, -0.25) is 0 Å². The van der Waals surface area contributed by atoms with Crippen LogP contribution in [0.2, 0.25) is 0 Å². The Morgan fingerprint density at radius 1 is 1.33 bits per heavy atom. The largest absolute Gasteiger partial charge is 0.464 e. The molecule has 1 N–H and O–H groups in total. The Bertz CT molecular complexity index is 433. The van der Waals surface area contributed by atoms with Gasteiger partial charge in [0.25, 0.3) is 0 Å². The molecule has 0 spiro atoms. The van der Waals surface area contributed by atoms with Gasteiger partial charge in [0, 0.05) is 11.4 Å². The van der Waals surface area contributed by atoms with Gasteiger partial charge in [0.05, 0.1) is 6.26 Å². The van der Waals surface area contributed by atoms with Crippen LogP contribution in [-0.4, -0.2) is 13.1 Å². The van der Waals surface area contributed by atoms with E-state index in [1.807, 2.05) is 13.1 Å². The van der Waals surface area contributed by atoms with Crippen LogP contribution >= 0.6 is 0 Å². The summed E-state index contributed by atoms with van der Waals surface area (Å²) in [6, 6.07) is 9.00. The summed E-state index contributed by atoms with van der Waals surface area (Å²) >= 11 is 0. The van der Waals surface area contributed by atoms with E-state index in [4.69, 9.17) is 4.42 Å². The number of benzene rings is 1. The number of furan rings is 1. The molecule has 0 fully saturated rings. The van der Waals surface area contributed by atoms with Gasteiger partial charge in [-0.25, -0.2) is 0 Å². The van der Waals surface area contributed by atoms with Gasteiger partial charge in [0.1, 0.15) is 5.58 Å². The van der Waals surface area contributed by atoms with Gasteiger partial charge in [-0.1, -0.05) is 6.07 Å². The maximum absolute atomic E-state index is 5.31. The Kier molecular flexibility index (Phi) is 3.07. The number of aryl methyl sites for hydroxylation is 1. The lowest BCUT2D eigenvalue weighted by atomic mass is 10.0. The molecule has 15 heavy (non-hydrogen) atoms. The molecule has 0 aliphatic heterocycles. The molecular weight excluding hydrogens is 186 g/mol. The van der Waals surface area contributed by atoms with Crippen LogP contribution in [0.5, 0.6) is 0 Å². The number of rotatable bonds is 4. The molecule has 2 heteroatoms. The number of hydrogen-bond acceptors (Lipinski definition) is 2. The summed E-state index contributed by atoms with van der Waals surface area (Å²) in [5.74, 6) is 0. The topological polar surface area (TPSA) is 25.2 Å². The van der Waals surface area contributed by atoms with Crippen molar-refractivity contribution >= 4 is 11.0 Å². The predicted octanol–water partition coefficient (Wildman–Crippen LogP) is 2.97. The van der Waals surface area contributed by atoms with Gasteiger partial charge in [0.15, 0.2) is 0 Å². The van der Waals surface area contributed by atoms with Crippen LogP contribution in [-0.2, 0) is 6.42 Å². The smallest absolute Gasteiger partial charge is 0.133 e. The van der Waals surface area contributed by atoms with E-state index in [0.717, 1.165) is 12.0 Å². The quantitative estimate of drug-likeness (QED) is 0.826. The molecule has 0 unspecified atom stereocenters. The van der Waals surface area contributed by atoms with Crippen LogP contribution in [0.15, 0.2) is 34.9 Å². The fourth-order valence-corrected chi connectivity index (χ4v) is 1.70. The van der Waals surface area contributed by atoms with Gasteiger partial charge in [0.2, 0.25) is 0 Å². The fourth-order valence-electron chi connectivity index (χ4n) is 1.70. The van der Waals surface area contributed by atoms with Gasteiger partial charge < -0.3 is 9.73 Å². The number of nitrogens with one attached hydrogen (secondary N) is 1. The highest BCUT2D eigenvalue weighted by atomic mass is 16.3. The van der Waals surface area contributed by atoms with Gasteiger partial charge in [-0.2, -0.15) is 0 Å². The average molecular weight is 203 g/mol. The Labute approximate surface area is 90.3 Å². The number of fused-ring (bicyclic) bond motifs is 1. The molecule has 80 valence electrons.